The predicted octanol–water partition coefficient (Wildman–Crippen LogP) is 4.76. The number of nitrogens with one attached hydrogen (secondary N) is 2. The van der Waals surface area contributed by atoms with E-state index in [4.69, 9.17) is 0 Å². The minimum Gasteiger partial charge on any atom is -0.380 e. The third-order valence-corrected chi connectivity index (χ3v) is 5.67. The third kappa shape index (κ3) is 4.86. The summed E-state index contributed by atoms with van der Waals surface area (Å²) in [5, 5.41) is 3.06. The van der Waals surface area contributed by atoms with Gasteiger partial charge in [0.05, 0.1) is 16.8 Å². The quantitative estimate of drug-likeness (QED) is 0.601. The van der Waals surface area contributed by atoms with Crippen LogP contribution in [0.25, 0.3) is 0 Å². The third-order valence-electron chi connectivity index (χ3n) is 4.30. The zero-order valence-electron chi connectivity index (χ0n) is 15.7. The van der Waals surface area contributed by atoms with Crippen LogP contribution in [0.2, 0.25) is 0 Å². The fourth-order valence-corrected chi connectivity index (χ4v) is 3.63. The Bertz CT molecular complexity index is 1030. The summed E-state index contributed by atoms with van der Waals surface area (Å²) in [7, 11) is -3.71. The van der Waals surface area contributed by atoms with Gasteiger partial charge >= 0.3 is 0 Å². The maximum atomic E-state index is 13.6. The highest BCUT2D eigenvalue weighted by Crippen LogP contribution is 2.20. The molecule has 0 fully saturated rings. The average Bonchev–Trinajstić information content (AvgIpc) is 2.68. The molecule has 0 unspecified atom stereocenters. The standard InChI is InChI=1S/C21H22FN3O2S/c1-15(2)16-7-10-19(11-8-16)28(26,27)25-21-12-9-18(14-24-21)23-13-17-5-3-4-6-20(17)22/h3-12,14-15,23H,13H2,1-2H3,(H,24,25). The largest absolute Gasteiger partial charge is 0.380 e. The molecular formula is C21H22FN3O2S. The lowest BCUT2D eigenvalue weighted by Crippen LogP contribution is -2.14. The van der Waals surface area contributed by atoms with E-state index < -0.39 is 10.0 Å². The molecule has 3 rings (SSSR count). The van der Waals surface area contributed by atoms with Gasteiger partial charge in [0, 0.05) is 12.1 Å². The number of pyridine rings is 1. The zero-order valence-corrected chi connectivity index (χ0v) is 16.5. The Balaban J connectivity index is 1.65. The molecule has 3 aromatic rings. The molecule has 0 bridgehead atoms. The number of anilines is 2. The monoisotopic (exact) mass is 399 g/mol. The fraction of sp³-hybridized carbons (Fsp3) is 0.190. The first-order valence-corrected chi connectivity index (χ1v) is 10.4. The molecule has 0 aliphatic carbocycles. The lowest BCUT2D eigenvalue weighted by atomic mass is 10.0. The van der Waals surface area contributed by atoms with Gasteiger partial charge in [0.1, 0.15) is 11.6 Å². The molecule has 146 valence electrons. The van der Waals surface area contributed by atoms with Crippen LogP contribution in [0.4, 0.5) is 15.9 Å². The summed E-state index contributed by atoms with van der Waals surface area (Å²) < 4.78 is 41.1. The second-order valence-electron chi connectivity index (χ2n) is 6.71. The summed E-state index contributed by atoms with van der Waals surface area (Å²) in [6.07, 6.45) is 1.50. The summed E-state index contributed by atoms with van der Waals surface area (Å²) in [6.45, 7) is 4.41. The first kappa shape index (κ1) is 19.8. The molecule has 2 aromatic carbocycles. The number of halogens is 1. The Hall–Kier alpha value is -2.93. The van der Waals surface area contributed by atoms with E-state index in [0.717, 1.165) is 5.56 Å². The molecule has 0 radical (unpaired) electrons. The van der Waals surface area contributed by atoms with E-state index in [-0.39, 0.29) is 16.5 Å². The summed E-state index contributed by atoms with van der Waals surface area (Å²) in [5.74, 6) is 0.260. The molecule has 0 saturated carbocycles. The van der Waals surface area contributed by atoms with Crippen LogP contribution in [-0.4, -0.2) is 13.4 Å². The zero-order chi connectivity index (χ0) is 20.1. The Morgan fingerprint density at radius 1 is 1.00 bits per heavy atom. The minimum absolute atomic E-state index is 0.181. The Labute approximate surface area is 164 Å². The van der Waals surface area contributed by atoms with Gasteiger partial charge in [-0.05, 0) is 41.8 Å². The van der Waals surface area contributed by atoms with Crippen LogP contribution in [0.5, 0.6) is 0 Å². The molecule has 0 spiro atoms. The van der Waals surface area contributed by atoms with Crippen LogP contribution in [0.15, 0.2) is 71.8 Å². The van der Waals surface area contributed by atoms with Gasteiger partial charge in [-0.25, -0.2) is 17.8 Å². The topological polar surface area (TPSA) is 71.1 Å². The van der Waals surface area contributed by atoms with Gasteiger partial charge in [-0.15, -0.1) is 0 Å². The van der Waals surface area contributed by atoms with Gasteiger partial charge in [0.25, 0.3) is 10.0 Å². The number of benzene rings is 2. The molecule has 1 heterocycles. The highest BCUT2D eigenvalue weighted by molar-refractivity contribution is 7.92. The van der Waals surface area contributed by atoms with Gasteiger partial charge in [0.15, 0.2) is 0 Å². The van der Waals surface area contributed by atoms with Gasteiger partial charge in [-0.3, -0.25) is 4.72 Å². The number of aromatic nitrogens is 1. The smallest absolute Gasteiger partial charge is 0.263 e. The van der Waals surface area contributed by atoms with Crippen molar-refractivity contribution in [2.75, 3.05) is 10.0 Å². The second kappa shape index (κ2) is 8.39. The summed E-state index contributed by atoms with van der Waals surface area (Å²) in [4.78, 5) is 4.30. The molecule has 7 heteroatoms. The maximum Gasteiger partial charge on any atom is 0.263 e. The summed E-state index contributed by atoms with van der Waals surface area (Å²) >= 11 is 0. The SMILES string of the molecule is CC(C)c1ccc(S(=O)(=O)Nc2ccc(NCc3ccccc3F)cn2)cc1. The molecule has 2 N–H and O–H groups in total. The first-order chi connectivity index (χ1) is 13.3. The van der Waals surface area contributed by atoms with E-state index in [2.05, 4.69) is 15.0 Å². The number of hydrogen-bond donors (Lipinski definition) is 2. The van der Waals surface area contributed by atoms with Crippen LogP contribution in [0.3, 0.4) is 0 Å². The van der Waals surface area contributed by atoms with E-state index in [1.54, 1.807) is 42.5 Å². The van der Waals surface area contributed by atoms with E-state index in [0.29, 0.717) is 23.7 Å². The first-order valence-electron chi connectivity index (χ1n) is 8.91. The van der Waals surface area contributed by atoms with Crippen molar-refractivity contribution in [1.29, 1.82) is 0 Å². The molecule has 0 saturated heterocycles. The fourth-order valence-electron chi connectivity index (χ4n) is 2.63. The molecule has 5 nitrogen and oxygen atoms in total. The van der Waals surface area contributed by atoms with Crippen LogP contribution in [0.1, 0.15) is 30.9 Å². The van der Waals surface area contributed by atoms with E-state index in [1.807, 2.05) is 26.0 Å². The Kier molecular flexibility index (Phi) is 5.94. The number of nitrogens with zero attached hydrogens (tertiary/aromatic N) is 1. The maximum absolute atomic E-state index is 13.6. The summed E-state index contributed by atoms with van der Waals surface area (Å²) in [5.41, 5.74) is 2.27. The molecule has 0 atom stereocenters. The minimum atomic E-state index is -3.71. The lowest BCUT2D eigenvalue weighted by molar-refractivity contribution is 0.601. The summed E-state index contributed by atoms with van der Waals surface area (Å²) in [6, 6.07) is 16.5. The van der Waals surface area contributed by atoms with E-state index in [1.165, 1.54) is 12.3 Å². The predicted molar refractivity (Wildman–Crippen MR) is 109 cm³/mol. The van der Waals surface area contributed by atoms with Gasteiger partial charge < -0.3 is 5.32 Å². The highest BCUT2D eigenvalue weighted by atomic mass is 32.2. The van der Waals surface area contributed by atoms with Crippen molar-refractivity contribution in [1.82, 2.24) is 4.98 Å². The Morgan fingerprint density at radius 2 is 1.71 bits per heavy atom. The normalized spacial score (nSPS) is 11.4. The molecule has 0 aliphatic rings. The van der Waals surface area contributed by atoms with Crippen molar-refractivity contribution in [3.63, 3.8) is 0 Å². The van der Waals surface area contributed by atoms with Crippen molar-refractivity contribution in [3.05, 3.63) is 83.8 Å². The molecular weight excluding hydrogens is 377 g/mol. The van der Waals surface area contributed by atoms with Gasteiger partial charge in [0.2, 0.25) is 0 Å². The molecule has 0 aliphatic heterocycles. The number of rotatable bonds is 7. The number of sulfonamides is 1. The molecule has 0 amide bonds. The van der Waals surface area contributed by atoms with Crippen LogP contribution >= 0.6 is 0 Å². The van der Waals surface area contributed by atoms with Crippen molar-refractivity contribution in [2.45, 2.75) is 31.2 Å². The molecule has 1 aromatic heterocycles. The van der Waals surface area contributed by atoms with Crippen molar-refractivity contribution in [3.8, 4) is 0 Å². The van der Waals surface area contributed by atoms with Crippen LogP contribution in [-0.2, 0) is 16.6 Å². The van der Waals surface area contributed by atoms with E-state index >= 15 is 0 Å². The van der Waals surface area contributed by atoms with Crippen molar-refractivity contribution >= 4 is 21.5 Å². The van der Waals surface area contributed by atoms with Crippen LogP contribution in [0, 0.1) is 5.82 Å². The van der Waals surface area contributed by atoms with Gasteiger partial charge in [-0.2, -0.15) is 0 Å². The second-order valence-corrected chi connectivity index (χ2v) is 8.39. The molecule has 28 heavy (non-hydrogen) atoms. The average molecular weight is 399 g/mol. The van der Waals surface area contributed by atoms with E-state index in [9.17, 15) is 12.8 Å². The van der Waals surface area contributed by atoms with Gasteiger partial charge in [-0.1, -0.05) is 44.2 Å². The van der Waals surface area contributed by atoms with Crippen molar-refractivity contribution in [2.24, 2.45) is 0 Å². The number of hydrogen-bond acceptors (Lipinski definition) is 4. The lowest BCUT2D eigenvalue weighted by Gasteiger charge is -2.11. The van der Waals surface area contributed by atoms with Crippen molar-refractivity contribution < 1.29 is 12.8 Å². The highest BCUT2D eigenvalue weighted by Gasteiger charge is 2.15. The van der Waals surface area contributed by atoms with Crippen LogP contribution < -0.4 is 10.0 Å². The Morgan fingerprint density at radius 3 is 2.32 bits per heavy atom.